The van der Waals surface area contributed by atoms with E-state index in [4.69, 9.17) is 19.0 Å². The lowest BCUT2D eigenvalue weighted by Gasteiger charge is -2.12. The summed E-state index contributed by atoms with van der Waals surface area (Å²) in [7, 11) is 0. The fourth-order valence-electron chi connectivity index (χ4n) is 3.81. The third-order valence-electron chi connectivity index (χ3n) is 5.28. The topological polar surface area (TPSA) is 89.9 Å². The Morgan fingerprint density at radius 1 is 0.903 bits per heavy atom. The number of hydrogen-bond donors (Lipinski definition) is 1. The van der Waals surface area contributed by atoms with E-state index in [2.05, 4.69) is 33.1 Å². The Hall–Kier alpha value is -3.52. The van der Waals surface area contributed by atoms with Gasteiger partial charge in [0.2, 0.25) is 0 Å². The molecule has 4 aromatic heterocycles. The number of rotatable bonds is 5. The van der Waals surface area contributed by atoms with Crippen molar-refractivity contribution in [3.8, 4) is 22.5 Å². The fourth-order valence-corrected chi connectivity index (χ4v) is 4.46. The van der Waals surface area contributed by atoms with E-state index in [0.29, 0.717) is 18.1 Å². The van der Waals surface area contributed by atoms with Gasteiger partial charge in [0.05, 0.1) is 29.0 Å². The van der Waals surface area contributed by atoms with E-state index in [-0.39, 0.29) is 0 Å². The number of hydrogen-bond acceptors (Lipinski definition) is 8. The summed E-state index contributed by atoms with van der Waals surface area (Å²) in [5, 5.41) is 14.7. The average molecular weight is 432 g/mol. The van der Waals surface area contributed by atoms with Crippen molar-refractivity contribution in [1.29, 1.82) is 0 Å². The van der Waals surface area contributed by atoms with E-state index in [9.17, 15) is 0 Å². The van der Waals surface area contributed by atoms with E-state index >= 15 is 0 Å². The zero-order valence-corrected chi connectivity index (χ0v) is 18.5. The maximum absolute atomic E-state index is 5.37. The SMILES string of the molecule is Cc1noc(C)c1-c1ccc2nc(-c3c(C)noc3C)nc(NCc3cccs3)c2c1. The molecule has 0 saturated carbocycles. The highest BCUT2D eigenvalue weighted by Crippen LogP contribution is 2.34. The molecule has 0 saturated heterocycles. The molecule has 31 heavy (non-hydrogen) atoms. The molecule has 7 nitrogen and oxygen atoms in total. The van der Waals surface area contributed by atoms with Crippen molar-refractivity contribution in [2.45, 2.75) is 34.2 Å². The molecule has 5 rings (SSSR count). The zero-order chi connectivity index (χ0) is 21.5. The number of anilines is 1. The highest BCUT2D eigenvalue weighted by atomic mass is 32.1. The molecule has 1 aromatic carbocycles. The molecular formula is C23H21N5O2S. The van der Waals surface area contributed by atoms with Gasteiger partial charge in [-0.15, -0.1) is 11.3 Å². The molecule has 4 heterocycles. The van der Waals surface area contributed by atoms with Crippen LogP contribution in [0.15, 0.2) is 44.8 Å². The van der Waals surface area contributed by atoms with Crippen molar-refractivity contribution >= 4 is 28.1 Å². The number of nitrogens with zero attached hydrogens (tertiary/aromatic N) is 4. The second-order valence-corrected chi connectivity index (χ2v) is 8.49. The molecule has 0 unspecified atom stereocenters. The highest BCUT2D eigenvalue weighted by Gasteiger charge is 2.19. The zero-order valence-electron chi connectivity index (χ0n) is 17.7. The van der Waals surface area contributed by atoms with Gasteiger partial charge in [0.1, 0.15) is 17.3 Å². The van der Waals surface area contributed by atoms with Gasteiger partial charge in [0.15, 0.2) is 5.82 Å². The van der Waals surface area contributed by atoms with Gasteiger partial charge in [0, 0.05) is 15.8 Å². The molecule has 0 aliphatic heterocycles. The Labute approximate surface area is 183 Å². The summed E-state index contributed by atoms with van der Waals surface area (Å²) < 4.78 is 10.7. The van der Waals surface area contributed by atoms with Gasteiger partial charge in [-0.1, -0.05) is 22.4 Å². The standard InChI is InChI=1S/C23H21N5O2S/c1-12-20(14(3)29-27-12)16-7-8-19-18(10-16)22(24-11-17-6-5-9-31-17)26-23(25-19)21-13(2)28-30-15(21)4/h5-10H,11H2,1-4H3,(H,24,25,26). The van der Waals surface area contributed by atoms with Gasteiger partial charge >= 0.3 is 0 Å². The lowest BCUT2D eigenvalue weighted by atomic mass is 10.0. The van der Waals surface area contributed by atoms with Crippen LogP contribution >= 0.6 is 11.3 Å². The van der Waals surface area contributed by atoms with Gasteiger partial charge in [-0.25, -0.2) is 9.97 Å². The largest absolute Gasteiger partial charge is 0.365 e. The van der Waals surface area contributed by atoms with Crippen LogP contribution in [-0.4, -0.2) is 20.3 Å². The second kappa shape index (κ2) is 7.63. The van der Waals surface area contributed by atoms with E-state index in [1.54, 1.807) is 11.3 Å². The number of fused-ring (bicyclic) bond motifs is 1. The molecule has 0 aliphatic rings. The Balaban J connectivity index is 1.68. The molecule has 0 bridgehead atoms. The van der Waals surface area contributed by atoms with Crippen molar-refractivity contribution in [2.75, 3.05) is 5.32 Å². The molecule has 0 aliphatic carbocycles. The molecule has 8 heteroatoms. The summed E-state index contributed by atoms with van der Waals surface area (Å²) in [5.74, 6) is 2.86. The van der Waals surface area contributed by atoms with Crippen molar-refractivity contribution in [2.24, 2.45) is 0 Å². The van der Waals surface area contributed by atoms with Crippen LogP contribution in [-0.2, 0) is 6.54 Å². The normalized spacial score (nSPS) is 11.4. The van der Waals surface area contributed by atoms with Crippen LogP contribution in [0.2, 0.25) is 0 Å². The number of benzene rings is 1. The third kappa shape index (κ3) is 3.48. The molecule has 0 radical (unpaired) electrons. The van der Waals surface area contributed by atoms with E-state index < -0.39 is 0 Å². The molecule has 0 amide bonds. The van der Waals surface area contributed by atoms with Gasteiger partial charge in [-0.3, -0.25) is 0 Å². The summed E-state index contributed by atoms with van der Waals surface area (Å²) in [6.07, 6.45) is 0. The summed E-state index contributed by atoms with van der Waals surface area (Å²) in [6.45, 7) is 8.33. The number of aryl methyl sites for hydroxylation is 4. The first kappa shape index (κ1) is 19.4. The Morgan fingerprint density at radius 3 is 2.29 bits per heavy atom. The Morgan fingerprint density at radius 2 is 1.65 bits per heavy atom. The van der Waals surface area contributed by atoms with Crippen LogP contribution in [0.25, 0.3) is 33.4 Å². The molecular weight excluding hydrogens is 410 g/mol. The summed E-state index contributed by atoms with van der Waals surface area (Å²) in [4.78, 5) is 10.9. The predicted molar refractivity (Wildman–Crippen MR) is 121 cm³/mol. The minimum atomic E-state index is 0.600. The molecule has 5 aromatic rings. The Bertz CT molecular complexity index is 1350. The van der Waals surface area contributed by atoms with Crippen LogP contribution in [0.5, 0.6) is 0 Å². The van der Waals surface area contributed by atoms with Gasteiger partial charge in [0.25, 0.3) is 0 Å². The third-order valence-corrected chi connectivity index (χ3v) is 6.16. The minimum Gasteiger partial charge on any atom is -0.365 e. The Kier molecular flexibility index (Phi) is 4.78. The quantitative estimate of drug-likeness (QED) is 0.373. The molecule has 0 atom stereocenters. The number of thiophene rings is 1. The van der Waals surface area contributed by atoms with E-state index in [1.807, 2.05) is 45.9 Å². The molecule has 0 spiro atoms. The van der Waals surface area contributed by atoms with Crippen LogP contribution in [0.1, 0.15) is 27.8 Å². The van der Waals surface area contributed by atoms with Gasteiger partial charge in [-0.05, 0) is 56.8 Å². The second-order valence-electron chi connectivity index (χ2n) is 7.46. The smallest absolute Gasteiger partial charge is 0.167 e. The first-order chi connectivity index (χ1) is 15.0. The minimum absolute atomic E-state index is 0.600. The van der Waals surface area contributed by atoms with Crippen LogP contribution in [0, 0.1) is 27.7 Å². The first-order valence-corrected chi connectivity index (χ1v) is 10.8. The highest BCUT2D eigenvalue weighted by molar-refractivity contribution is 7.09. The van der Waals surface area contributed by atoms with Crippen LogP contribution in [0.3, 0.4) is 0 Å². The van der Waals surface area contributed by atoms with Crippen LogP contribution in [0.4, 0.5) is 5.82 Å². The average Bonchev–Trinajstić information content (AvgIpc) is 3.47. The van der Waals surface area contributed by atoms with Crippen LogP contribution < -0.4 is 5.32 Å². The summed E-state index contributed by atoms with van der Waals surface area (Å²) in [6, 6.07) is 10.3. The van der Waals surface area contributed by atoms with Crippen molar-refractivity contribution in [1.82, 2.24) is 20.3 Å². The fraction of sp³-hybridized carbons (Fsp3) is 0.217. The lowest BCUT2D eigenvalue weighted by Crippen LogP contribution is -2.04. The maximum atomic E-state index is 5.37. The van der Waals surface area contributed by atoms with E-state index in [0.717, 1.165) is 50.6 Å². The van der Waals surface area contributed by atoms with Crippen molar-refractivity contribution in [3.05, 3.63) is 63.5 Å². The van der Waals surface area contributed by atoms with Crippen molar-refractivity contribution < 1.29 is 9.05 Å². The maximum Gasteiger partial charge on any atom is 0.167 e. The van der Waals surface area contributed by atoms with E-state index in [1.165, 1.54) is 4.88 Å². The predicted octanol–water partition coefficient (Wildman–Crippen LogP) is 5.85. The summed E-state index contributed by atoms with van der Waals surface area (Å²) in [5.41, 5.74) is 5.33. The van der Waals surface area contributed by atoms with Gasteiger partial charge in [-0.2, -0.15) is 0 Å². The van der Waals surface area contributed by atoms with Gasteiger partial charge < -0.3 is 14.4 Å². The molecule has 0 fully saturated rings. The number of aromatic nitrogens is 4. The number of nitrogens with one attached hydrogen (secondary N) is 1. The lowest BCUT2D eigenvalue weighted by molar-refractivity contribution is 0.393. The first-order valence-electron chi connectivity index (χ1n) is 9.96. The monoisotopic (exact) mass is 431 g/mol. The molecule has 1 N–H and O–H groups in total. The van der Waals surface area contributed by atoms with Crippen molar-refractivity contribution in [3.63, 3.8) is 0 Å². The summed E-state index contributed by atoms with van der Waals surface area (Å²) >= 11 is 1.71. The molecule has 156 valence electrons.